The van der Waals surface area contributed by atoms with Crippen LogP contribution < -0.4 is 5.32 Å². The van der Waals surface area contributed by atoms with Crippen molar-refractivity contribution >= 4 is 16.7 Å². The lowest BCUT2D eigenvalue weighted by atomic mass is 10.0. The van der Waals surface area contributed by atoms with Crippen LogP contribution in [0.5, 0.6) is 0 Å². The molecule has 2 aliphatic heterocycles. The fourth-order valence-corrected chi connectivity index (χ4v) is 3.34. The van der Waals surface area contributed by atoms with Crippen molar-refractivity contribution in [1.29, 1.82) is 0 Å². The third kappa shape index (κ3) is 2.39. The summed E-state index contributed by atoms with van der Waals surface area (Å²) in [6.07, 6.45) is 0.944. The average Bonchev–Trinajstić information content (AvgIpc) is 2.65. The molecule has 2 fully saturated rings. The van der Waals surface area contributed by atoms with E-state index in [0.717, 1.165) is 13.0 Å². The lowest BCUT2D eigenvalue weighted by Gasteiger charge is -2.29. The van der Waals surface area contributed by atoms with E-state index in [9.17, 15) is 9.00 Å². The molecule has 0 bridgehead atoms. The summed E-state index contributed by atoms with van der Waals surface area (Å²) in [4.78, 5) is 14.0. The Labute approximate surface area is 92.9 Å². The van der Waals surface area contributed by atoms with Gasteiger partial charge in [-0.1, -0.05) is 0 Å². The molecule has 1 N–H and O–H groups in total. The van der Waals surface area contributed by atoms with Crippen molar-refractivity contribution in [1.82, 2.24) is 10.2 Å². The summed E-state index contributed by atoms with van der Waals surface area (Å²) < 4.78 is 11.2. The first-order chi connectivity index (χ1) is 7.18. The maximum Gasteiger partial charge on any atom is 0.227 e. The van der Waals surface area contributed by atoms with Crippen LogP contribution in [-0.2, 0) is 15.6 Å². The molecule has 2 saturated heterocycles. The van der Waals surface area contributed by atoms with Crippen molar-refractivity contribution in [2.24, 2.45) is 5.92 Å². The lowest BCUT2D eigenvalue weighted by Crippen LogP contribution is -2.46. The predicted octanol–water partition coefficient (Wildman–Crippen LogP) is -0.425. The van der Waals surface area contributed by atoms with Crippen LogP contribution in [0, 0.1) is 5.92 Å². The first-order valence-electron chi connectivity index (χ1n) is 5.55. The van der Waals surface area contributed by atoms with E-state index in [-0.39, 0.29) is 11.8 Å². The van der Waals surface area contributed by atoms with Crippen LogP contribution >= 0.6 is 0 Å². The summed E-state index contributed by atoms with van der Waals surface area (Å²) >= 11 is 0. The molecule has 2 unspecified atom stereocenters. The van der Waals surface area contributed by atoms with Gasteiger partial charge in [0.2, 0.25) is 5.91 Å². The third-order valence-electron chi connectivity index (χ3n) is 3.33. The Kier molecular flexibility index (Phi) is 3.41. The van der Waals surface area contributed by atoms with E-state index < -0.39 is 10.8 Å². The summed E-state index contributed by atoms with van der Waals surface area (Å²) in [6, 6.07) is 0.296. The molecule has 15 heavy (non-hydrogen) atoms. The smallest absolute Gasteiger partial charge is 0.227 e. The molecule has 0 saturated carbocycles. The molecular formula is C10H18N2O2S. The van der Waals surface area contributed by atoms with Gasteiger partial charge >= 0.3 is 0 Å². The molecule has 0 radical (unpaired) electrons. The van der Waals surface area contributed by atoms with Gasteiger partial charge in [0.05, 0.1) is 5.92 Å². The van der Waals surface area contributed by atoms with Gasteiger partial charge in [0.15, 0.2) is 0 Å². The van der Waals surface area contributed by atoms with Gasteiger partial charge in [-0.2, -0.15) is 0 Å². The Morgan fingerprint density at radius 3 is 2.60 bits per heavy atom. The maximum absolute atomic E-state index is 12.1. The fraction of sp³-hybridized carbons (Fsp3) is 0.900. The van der Waals surface area contributed by atoms with Crippen LogP contribution in [0.25, 0.3) is 0 Å². The minimum Gasteiger partial charge on any atom is -0.341 e. The molecule has 0 aromatic rings. The molecule has 2 aliphatic rings. The van der Waals surface area contributed by atoms with Crippen LogP contribution in [0.3, 0.4) is 0 Å². The second-order valence-corrected chi connectivity index (χ2v) is 6.01. The molecule has 1 amide bonds. The van der Waals surface area contributed by atoms with Crippen LogP contribution in [0.4, 0.5) is 0 Å². The Balaban J connectivity index is 1.93. The normalized spacial score (nSPS) is 33.3. The molecular weight excluding hydrogens is 212 g/mol. The second-order valence-electron chi connectivity index (χ2n) is 4.31. The van der Waals surface area contributed by atoms with E-state index in [0.29, 0.717) is 30.6 Å². The second kappa shape index (κ2) is 4.61. The minimum absolute atomic E-state index is 0.136. The van der Waals surface area contributed by atoms with Crippen LogP contribution in [0.1, 0.15) is 13.3 Å². The average molecular weight is 230 g/mol. The van der Waals surface area contributed by atoms with E-state index in [2.05, 4.69) is 12.2 Å². The molecule has 2 atom stereocenters. The third-order valence-corrected chi connectivity index (χ3v) is 4.61. The van der Waals surface area contributed by atoms with E-state index >= 15 is 0 Å². The van der Waals surface area contributed by atoms with Crippen molar-refractivity contribution in [3.8, 4) is 0 Å². The van der Waals surface area contributed by atoms with Gasteiger partial charge in [0, 0.05) is 41.4 Å². The highest BCUT2D eigenvalue weighted by Gasteiger charge is 2.33. The molecule has 0 aromatic carbocycles. The molecule has 0 spiro atoms. The first kappa shape index (κ1) is 11.1. The summed E-state index contributed by atoms with van der Waals surface area (Å²) in [5.41, 5.74) is 0. The Bertz CT molecular complexity index is 273. The van der Waals surface area contributed by atoms with Gasteiger partial charge < -0.3 is 10.2 Å². The van der Waals surface area contributed by atoms with Crippen molar-refractivity contribution in [2.75, 3.05) is 31.1 Å². The van der Waals surface area contributed by atoms with Crippen molar-refractivity contribution < 1.29 is 9.00 Å². The van der Waals surface area contributed by atoms with Gasteiger partial charge in [-0.25, -0.2) is 0 Å². The summed E-state index contributed by atoms with van der Waals surface area (Å²) in [6.45, 7) is 4.36. The number of hydrogen-bond acceptors (Lipinski definition) is 3. The van der Waals surface area contributed by atoms with Crippen molar-refractivity contribution in [2.45, 2.75) is 19.4 Å². The highest BCUT2D eigenvalue weighted by atomic mass is 32.2. The van der Waals surface area contributed by atoms with Gasteiger partial charge in [-0.05, 0) is 19.9 Å². The van der Waals surface area contributed by atoms with Crippen LogP contribution in [0.2, 0.25) is 0 Å². The number of carbonyl (C=O) groups excluding carboxylic acids is 1. The molecule has 4 nitrogen and oxygen atoms in total. The van der Waals surface area contributed by atoms with Crippen molar-refractivity contribution in [3.63, 3.8) is 0 Å². The van der Waals surface area contributed by atoms with Gasteiger partial charge in [-0.3, -0.25) is 9.00 Å². The zero-order valence-corrected chi connectivity index (χ0v) is 9.89. The summed E-state index contributed by atoms with van der Waals surface area (Å²) in [5.74, 6) is 1.70. The molecule has 2 heterocycles. The Morgan fingerprint density at radius 2 is 2.07 bits per heavy atom. The highest BCUT2D eigenvalue weighted by molar-refractivity contribution is 7.85. The van der Waals surface area contributed by atoms with E-state index in [1.165, 1.54) is 0 Å². The Hall–Kier alpha value is -0.420. The standard InChI is InChI=1S/C10H18N2O2S/c1-8-9(2-3-11-8)10(13)12-4-6-15(14)7-5-12/h8-9,11H,2-7H2,1H3. The highest BCUT2D eigenvalue weighted by Crippen LogP contribution is 2.18. The lowest BCUT2D eigenvalue weighted by molar-refractivity contribution is -0.135. The first-order valence-corrected chi connectivity index (χ1v) is 7.04. The maximum atomic E-state index is 12.1. The SMILES string of the molecule is CC1NCCC1C(=O)N1CCS(=O)CC1. The molecule has 0 aromatic heterocycles. The molecule has 86 valence electrons. The fourth-order valence-electron chi connectivity index (χ4n) is 2.29. The predicted molar refractivity (Wildman–Crippen MR) is 60.0 cm³/mol. The number of amides is 1. The van der Waals surface area contributed by atoms with Crippen molar-refractivity contribution in [3.05, 3.63) is 0 Å². The number of nitrogens with one attached hydrogen (secondary N) is 1. The largest absolute Gasteiger partial charge is 0.341 e. The van der Waals surface area contributed by atoms with Gasteiger partial charge in [0.1, 0.15) is 0 Å². The molecule has 0 aliphatic carbocycles. The zero-order valence-electron chi connectivity index (χ0n) is 9.07. The van der Waals surface area contributed by atoms with Crippen LogP contribution in [0.15, 0.2) is 0 Å². The minimum atomic E-state index is -0.697. The number of nitrogens with zero attached hydrogens (tertiary/aromatic N) is 1. The van der Waals surface area contributed by atoms with Gasteiger partial charge in [-0.15, -0.1) is 0 Å². The summed E-state index contributed by atoms with van der Waals surface area (Å²) in [7, 11) is -0.697. The Morgan fingerprint density at radius 1 is 1.40 bits per heavy atom. The van der Waals surface area contributed by atoms with Gasteiger partial charge in [0.25, 0.3) is 0 Å². The number of hydrogen-bond donors (Lipinski definition) is 1. The monoisotopic (exact) mass is 230 g/mol. The van der Waals surface area contributed by atoms with Crippen LogP contribution in [-0.4, -0.2) is 52.2 Å². The number of rotatable bonds is 1. The van der Waals surface area contributed by atoms with E-state index in [1.54, 1.807) is 0 Å². The quantitative estimate of drug-likeness (QED) is 0.665. The number of carbonyl (C=O) groups is 1. The molecule has 5 heteroatoms. The van der Waals surface area contributed by atoms with E-state index in [1.807, 2.05) is 4.90 Å². The molecule has 2 rings (SSSR count). The summed E-state index contributed by atoms with van der Waals surface area (Å²) in [5, 5.41) is 3.29. The topological polar surface area (TPSA) is 49.4 Å². The zero-order chi connectivity index (χ0) is 10.8. The van der Waals surface area contributed by atoms with E-state index in [4.69, 9.17) is 0 Å².